The molecule has 0 bridgehead atoms. The molecule has 5 heteroatoms. The van der Waals surface area contributed by atoms with Crippen LogP contribution < -0.4 is 15.5 Å². The summed E-state index contributed by atoms with van der Waals surface area (Å²) in [5.41, 5.74) is 1.89. The minimum Gasteiger partial charge on any atom is -0.489 e. The van der Waals surface area contributed by atoms with Gasteiger partial charge in [0.05, 0.1) is 11.5 Å². The molecule has 1 atom stereocenters. The number of nitrogens with zero attached hydrogens (tertiary/aromatic N) is 1. The Hall–Kier alpha value is -3.05. The highest BCUT2D eigenvalue weighted by molar-refractivity contribution is 7.17. The van der Waals surface area contributed by atoms with Gasteiger partial charge in [-0.2, -0.15) is 0 Å². The van der Waals surface area contributed by atoms with Crippen LogP contribution in [-0.2, 0) is 0 Å². The molecule has 0 saturated heterocycles. The topological polar surface area (TPSA) is 43.3 Å². The Labute approximate surface area is 180 Å². The number of para-hydroxylation sites is 2. The molecular formula is C25H26N2O2S. The molecule has 1 N–H and O–H groups in total. The summed E-state index contributed by atoms with van der Waals surface area (Å²) in [6, 6.07) is 21.7. The van der Waals surface area contributed by atoms with Crippen molar-refractivity contribution in [3.8, 4) is 11.4 Å². The fourth-order valence-electron chi connectivity index (χ4n) is 3.54. The number of aromatic nitrogens is 1. The molecule has 1 unspecified atom stereocenters. The highest BCUT2D eigenvalue weighted by Crippen LogP contribution is 2.35. The van der Waals surface area contributed by atoms with Gasteiger partial charge in [0, 0.05) is 22.8 Å². The van der Waals surface area contributed by atoms with Crippen LogP contribution in [0, 0.1) is 0 Å². The number of benzene rings is 2. The summed E-state index contributed by atoms with van der Waals surface area (Å²) in [4.78, 5) is 14.0. The van der Waals surface area contributed by atoms with Gasteiger partial charge in [0.15, 0.2) is 5.43 Å². The van der Waals surface area contributed by atoms with E-state index in [1.807, 2.05) is 66.0 Å². The Morgan fingerprint density at radius 1 is 1.07 bits per heavy atom. The molecule has 0 radical (unpaired) electrons. The smallest absolute Gasteiger partial charge is 0.196 e. The van der Waals surface area contributed by atoms with Crippen LogP contribution in [0.4, 0.5) is 11.5 Å². The van der Waals surface area contributed by atoms with Crippen LogP contribution in [0.5, 0.6) is 5.75 Å². The van der Waals surface area contributed by atoms with E-state index in [1.165, 1.54) is 11.3 Å². The highest BCUT2D eigenvalue weighted by atomic mass is 32.1. The number of ether oxygens (including phenoxy) is 1. The number of fused-ring (bicyclic) bond motifs is 1. The molecule has 0 spiro atoms. The number of thiophene rings is 1. The lowest BCUT2D eigenvalue weighted by Gasteiger charge is -2.17. The van der Waals surface area contributed by atoms with Crippen molar-refractivity contribution in [1.29, 1.82) is 0 Å². The van der Waals surface area contributed by atoms with E-state index in [-0.39, 0.29) is 11.5 Å². The zero-order valence-corrected chi connectivity index (χ0v) is 18.1. The Balaban J connectivity index is 1.83. The van der Waals surface area contributed by atoms with Crippen LogP contribution in [0.25, 0.3) is 15.9 Å². The molecule has 0 aliphatic heterocycles. The lowest BCUT2D eigenvalue weighted by atomic mass is 10.2. The molecule has 154 valence electrons. The Morgan fingerprint density at radius 2 is 1.77 bits per heavy atom. The highest BCUT2D eigenvalue weighted by Gasteiger charge is 2.18. The summed E-state index contributed by atoms with van der Waals surface area (Å²) < 4.78 is 8.27. The first-order valence-corrected chi connectivity index (χ1v) is 11.3. The largest absolute Gasteiger partial charge is 0.489 e. The van der Waals surface area contributed by atoms with Crippen LogP contribution in [0.15, 0.2) is 76.9 Å². The molecule has 4 aromatic rings. The Morgan fingerprint density at radius 3 is 2.47 bits per heavy atom. The van der Waals surface area contributed by atoms with Gasteiger partial charge in [0.1, 0.15) is 16.4 Å². The third-order valence-corrected chi connectivity index (χ3v) is 5.99. The minimum absolute atomic E-state index is 0.0328. The summed E-state index contributed by atoms with van der Waals surface area (Å²) in [7, 11) is 0. The number of rotatable bonds is 8. The Kier molecular flexibility index (Phi) is 6.19. The van der Waals surface area contributed by atoms with Gasteiger partial charge < -0.3 is 10.1 Å². The fraction of sp³-hybridized carbons (Fsp3) is 0.240. The lowest BCUT2D eigenvalue weighted by Crippen LogP contribution is -2.14. The number of pyridine rings is 1. The zero-order chi connectivity index (χ0) is 20.9. The van der Waals surface area contributed by atoms with Gasteiger partial charge >= 0.3 is 0 Å². The summed E-state index contributed by atoms with van der Waals surface area (Å²) in [6.07, 6.45) is 3.30. The predicted octanol–water partition coefficient (Wildman–Crippen LogP) is 6.75. The average molecular weight is 419 g/mol. The molecule has 0 amide bonds. The van der Waals surface area contributed by atoms with E-state index in [0.29, 0.717) is 11.1 Å². The first-order valence-electron chi connectivity index (χ1n) is 10.4. The van der Waals surface area contributed by atoms with Gasteiger partial charge in [0.2, 0.25) is 0 Å². The van der Waals surface area contributed by atoms with Gasteiger partial charge in [0.25, 0.3) is 0 Å². The van der Waals surface area contributed by atoms with Gasteiger partial charge in [-0.05, 0) is 37.6 Å². The molecule has 2 heterocycles. The Bertz CT molecular complexity index is 1170. The first kappa shape index (κ1) is 20.2. The molecular weight excluding hydrogens is 392 g/mol. The molecule has 4 nitrogen and oxygen atoms in total. The predicted molar refractivity (Wildman–Crippen MR) is 127 cm³/mol. The SMILES string of the molecule is CCCCC(C)Oc1csc2c1c(=O)cc(Nc1ccccc1)n2-c1ccccc1. The van der Waals surface area contributed by atoms with Crippen molar-refractivity contribution in [3.05, 3.63) is 82.3 Å². The molecule has 2 aromatic carbocycles. The number of unbranched alkanes of at least 4 members (excludes halogenated alkanes) is 1. The van der Waals surface area contributed by atoms with Crippen molar-refractivity contribution in [2.45, 2.75) is 39.2 Å². The minimum atomic E-state index is -0.0328. The lowest BCUT2D eigenvalue weighted by molar-refractivity contribution is 0.211. The summed E-state index contributed by atoms with van der Waals surface area (Å²) in [5, 5.41) is 6.01. The summed E-state index contributed by atoms with van der Waals surface area (Å²) in [6.45, 7) is 4.24. The molecule has 0 aliphatic carbocycles. The second kappa shape index (κ2) is 9.18. The summed E-state index contributed by atoms with van der Waals surface area (Å²) >= 11 is 1.54. The maximum Gasteiger partial charge on any atom is 0.196 e. The number of anilines is 2. The number of hydrogen-bond acceptors (Lipinski definition) is 4. The quantitative estimate of drug-likeness (QED) is 0.344. The van der Waals surface area contributed by atoms with Crippen molar-refractivity contribution in [2.24, 2.45) is 0 Å². The van der Waals surface area contributed by atoms with Crippen LogP contribution in [0.1, 0.15) is 33.1 Å². The van der Waals surface area contributed by atoms with E-state index in [2.05, 4.69) is 23.7 Å². The van der Waals surface area contributed by atoms with Crippen LogP contribution in [0.2, 0.25) is 0 Å². The number of hydrogen-bond donors (Lipinski definition) is 1. The van der Waals surface area contributed by atoms with Crippen LogP contribution in [0.3, 0.4) is 0 Å². The van der Waals surface area contributed by atoms with Crippen LogP contribution in [-0.4, -0.2) is 10.7 Å². The van der Waals surface area contributed by atoms with E-state index in [4.69, 9.17) is 4.74 Å². The second-order valence-corrected chi connectivity index (χ2v) is 8.26. The zero-order valence-electron chi connectivity index (χ0n) is 17.3. The third kappa shape index (κ3) is 4.26. The fourth-order valence-corrected chi connectivity index (χ4v) is 4.56. The van der Waals surface area contributed by atoms with Crippen molar-refractivity contribution in [2.75, 3.05) is 5.32 Å². The van der Waals surface area contributed by atoms with E-state index in [9.17, 15) is 4.79 Å². The molecule has 0 fully saturated rings. The average Bonchev–Trinajstić information content (AvgIpc) is 3.17. The standard InChI is InChI=1S/C25H26N2O2S/c1-3-4-11-18(2)29-22-17-30-25-24(22)21(28)16-23(26-19-12-7-5-8-13-19)27(25)20-14-9-6-10-15-20/h5-10,12-18,26H,3-4,11H2,1-2H3. The van der Waals surface area contributed by atoms with Gasteiger partial charge in [-0.15, -0.1) is 11.3 Å². The van der Waals surface area contributed by atoms with Crippen molar-refractivity contribution >= 4 is 33.1 Å². The summed E-state index contributed by atoms with van der Waals surface area (Å²) in [5.74, 6) is 1.41. The van der Waals surface area contributed by atoms with Gasteiger partial charge in [-0.25, -0.2) is 0 Å². The maximum absolute atomic E-state index is 13.1. The maximum atomic E-state index is 13.1. The second-order valence-electron chi connectivity index (χ2n) is 7.41. The molecule has 30 heavy (non-hydrogen) atoms. The van der Waals surface area contributed by atoms with Gasteiger partial charge in [-0.3, -0.25) is 9.36 Å². The van der Waals surface area contributed by atoms with E-state index in [0.717, 1.165) is 41.3 Å². The molecule has 0 aliphatic rings. The van der Waals surface area contributed by atoms with E-state index in [1.54, 1.807) is 6.07 Å². The van der Waals surface area contributed by atoms with Crippen LogP contribution >= 0.6 is 11.3 Å². The molecule has 2 aromatic heterocycles. The van der Waals surface area contributed by atoms with Crippen molar-refractivity contribution in [3.63, 3.8) is 0 Å². The van der Waals surface area contributed by atoms with E-state index < -0.39 is 0 Å². The number of nitrogens with one attached hydrogen (secondary N) is 1. The van der Waals surface area contributed by atoms with Gasteiger partial charge in [-0.1, -0.05) is 56.2 Å². The van der Waals surface area contributed by atoms with Crippen molar-refractivity contribution in [1.82, 2.24) is 4.57 Å². The molecule has 4 rings (SSSR count). The van der Waals surface area contributed by atoms with Crippen molar-refractivity contribution < 1.29 is 4.74 Å². The first-order chi connectivity index (χ1) is 14.7. The van der Waals surface area contributed by atoms with E-state index >= 15 is 0 Å². The normalized spacial score (nSPS) is 12.1. The molecule has 0 saturated carbocycles. The third-order valence-electron chi connectivity index (χ3n) is 5.05. The monoisotopic (exact) mass is 418 g/mol.